The summed E-state index contributed by atoms with van der Waals surface area (Å²) in [7, 11) is 0. The van der Waals surface area contributed by atoms with Crippen LogP contribution in [0, 0.1) is 0 Å². The van der Waals surface area contributed by atoms with Gasteiger partial charge in [0.2, 0.25) is 0 Å². The fourth-order valence-corrected chi connectivity index (χ4v) is 1.77. The second kappa shape index (κ2) is 3.17. The molecule has 3 nitrogen and oxygen atoms in total. The molecule has 1 aliphatic rings. The van der Waals surface area contributed by atoms with Crippen molar-refractivity contribution in [2.45, 2.75) is 18.8 Å². The van der Waals surface area contributed by atoms with Crippen molar-refractivity contribution in [3.8, 4) is 5.75 Å². The van der Waals surface area contributed by atoms with Crippen molar-refractivity contribution < 1.29 is 15.0 Å². The largest absolute Gasteiger partial charge is 0.507 e. The zero-order valence-electron chi connectivity index (χ0n) is 7.33. The van der Waals surface area contributed by atoms with Crippen LogP contribution in [0.3, 0.4) is 0 Å². The second-order valence-corrected chi connectivity index (χ2v) is 3.88. The lowest BCUT2D eigenvalue weighted by Crippen LogP contribution is -1.98. The third-order valence-electron chi connectivity index (χ3n) is 2.36. The summed E-state index contributed by atoms with van der Waals surface area (Å²) in [5, 5.41) is 18.6. The van der Waals surface area contributed by atoms with Crippen LogP contribution in [0.15, 0.2) is 12.1 Å². The van der Waals surface area contributed by atoms with Gasteiger partial charge in [-0.25, -0.2) is 4.79 Å². The SMILES string of the molecule is O=C(O)c1cc(C2CC2)c(Cl)cc1O. The Labute approximate surface area is 85.9 Å². The number of carbonyl (C=O) groups is 1. The average molecular weight is 213 g/mol. The standard InChI is InChI=1S/C10H9ClO3/c11-8-4-9(12)7(10(13)14)3-6(8)5-1-2-5/h3-5,12H,1-2H2,(H,13,14). The molecular weight excluding hydrogens is 204 g/mol. The minimum atomic E-state index is -1.12. The van der Waals surface area contributed by atoms with Crippen LogP contribution in [-0.2, 0) is 0 Å². The maximum atomic E-state index is 10.7. The van der Waals surface area contributed by atoms with Gasteiger partial charge in [0, 0.05) is 5.02 Å². The molecule has 0 amide bonds. The van der Waals surface area contributed by atoms with Crippen molar-refractivity contribution in [1.82, 2.24) is 0 Å². The number of rotatable bonds is 2. The fraction of sp³-hybridized carbons (Fsp3) is 0.300. The van der Waals surface area contributed by atoms with Crippen molar-refractivity contribution in [3.05, 3.63) is 28.3 Å². The lowest BCUT2D eigenvalue weighted by atomic mass is 10.1. The molecule has 1 fully saturated rings. The summed E-state index contributed by atoms with van der Waals surface area (Å²) in [6.07, 6.45) is 2.09. The van der Waals surface area contributed by atoms with Crippen LogP contribution in [0.4, 0.5) is 0 Å². The molecule has 0 unspecified atom stereocenters. The van der Waals surface area contributed by atoms with Gasteiger partial charge in [-0.05, 0) is 36.5 Å². The van der Waals surface area contributed by atoms with E-state index < -0.39 is 5.97 Å². The van der Waals surface area contributed by atoms with Gasteiger partial charge in [-0.1, -0.05) is 11.6 Å². The van der Waals surface area contributed by atoms with E-state index in [2.05, 4.69) is 0 Å². The van der Waals surface area contributed by atoms with E-state index >= 15 is 0 Å². The van der Waals surface area contributed by atoms with E-state index in [0.717, 1.165) is 18.4 Å². The molecule has 0 radical (unpaired) electrons. The van der Waals surface area contributed by atoms with E-state index in [4.69, 9.17) is 16.7 Å². The third kappa shape index (κ3) is 1.55. The first-order valence-electron chi connectivity index (χ1n) is 4.35. The van der Waals surface area contributed by atoms with E-state index in [-0.39, 0.29) is 11.3 Å². The summed E-state index contributed by atoms with van der Waals surface area (Å²) in [4.78, 5) is 10.7. The molecule has 74 valence electrons. The Balaban J connectivity index is 2.51. The highest BCUT2D eigenvalue weighted by atomic mass is 35.5. The summed E-state index contributed by atoms with van der Waals surface area (Å²) in [5.74, 6) is -1.02. The van der Waals surface area contributed by atoms with Crippen molar-refractivity contribution >= 4 is 17.6 Å². The van der Waals surface area contributed by atoms with Crippen LogP contribution in [0.1, 0.15) is 34.7 Å². The molecule has 1 aromatic carbocycles. The van der Waals surface area contributed by atoms with Crippen LogP contribution in [0.25, 0.3) is 0 Å². The minimum Gasteiger partial charge on any atom is -0.507 e. The normalized spacial score (nSPS) is 15.5. The number of benzene rings is 1. The van der Waals surface area contributed by atoms with Crippen LogP contribution in [0.2, 0.25) is 5.02 Å². The monoisotopic (exact) mass is 212 g/mol. The molecule has 0 bridgehead atoms. The molecule has 1 aromatic rings. The Morgan fingerprint density at radius 2 is 2.07 bits per heavy atom. The summed E-state index contributed by atoms with van der Waals surface area (Å²) in [6, 6.07) is 2.77. The van der Waals surface area contributed by atoms with Gasteiger partial charge in [-0.3, -0.25) is 0 Å². The van der Waals surface area contributed by atoms with E-state index in [1.54, 1.807) is 0 Å². The highest BCUT2D eigenvalue weighted by molar-refractivity contribution is 6.31. The van der Waals surface area contributed by atoms with Crippen molar-refractivity contribution in [2.75, 3.05) is 0 Å². The summed E-state index contributed by atoms with van der Waals surface area (Å²) >= 11 is 5.89. The number of carboxylic acids is 1. The van der Waals surface area contributed by atoms with Gasteiger partial charge in [-0.15, -0.1) is 0 Å². The molecule has 14 heavy (non-hydrogen) atoms. The fourth-order valence-electron chi connectivity index (χ4n) is 1.46. The summed E-state index contributed by atoms with van der Waals surface area (Å²) < 4.78 is 0. The van der Waals surface area contributed by atoms with Gasteiger partial charge in [-0.2, -0.15) is 0 Å². The minimum absolute atomic E-state index is 0.0729. The first-order chi connectivity index (χ1) is 6.59. The molecule has 2 rings (SSSR count). The number of hydrogen-bond donors (Lipinski definition) is 2. The Hall–Kier alpha value is -1.22. The van der Waals surface area contributed by atoms with E-state index in [0.29, 0.717) is 10.9 Å². The first-order valence-corrected chi connectivity index (χ1v) is 4.73. The highest BCUT2D eigenvalue weighted by Gasteiger charge is 2.27. The van der Waals surface area contributed by atoms with Crippen LogP contribution in [-0.4, -0.2) is 16.2 Å². The van der Waals surface area contributed by atoms with E-state index in [9.17, 15) is 9.90 Å². The molecule has 0 heterocycles. The molecule has 4 heteroatoms. The van der Waals surface area contributed by atoms with Gasteiger partial charge in [0.1, 0.15) is 11.3 Å². The van der Waals surface area contributed by atoms with Gasteiger partial charge < -0.3 is 10.2 Å². The summed E-state index contributed by atoms with van der Waals surface area (Å²) in [5.41, 5.74) is 0.762. The molecule has 1 aliphatic carbocycles. The smallest absolute Gasteiger partial charge is 0.339 e. The zero-order valence-corrected chi connectivity index (χ0v) is 8.08. The topological polar surface area (TPSA) is 57.5 Å². The predicted molar refractivity (Wildman–Crippen MR) is 52.1 cm³/mol. The zero-order chi connectivity index (χ0) is 10.3. The number of hydrogen-bond acceptors (Lipinski definition) is 2. The van der Waals surface area contributed by atoms with Crippen LogP contribution < -0.4 is 0 Å². The van der Waals surface area contributed by atoms with Crippen LogP contribution >= 0.6 is 11.6 Å². The van der Waals surface area contributed by atoms with Crippen molar-refractivity contribution in [2.24, 2.45) is 0 Å². The number of aromatic carboxylic acids is 1. The van der Waals surface area contributed by atoms with Crippen molar-refractivity contribution in [3.63, 3.8) is 0 Å². The Morgan fingerprint density at radius 3 is 2.57 bits per heavy atom. The van der Waals surface area contributed by atoms with E-state index in [1.807, 2.05) is 0 Å². The third-order valence-corrected chi connectivity index (χ3v) is 2.69. The first kappa shape index (κ1) is 9.34. The van der Waals surface area contributed by atoms with Gasteiger partial charge in [0.25, 0.3) is 0 Å². The molecule has 0 atom stereocenters. The Morgan fingerprint density at radius 1 is 1.43 bits per heavy atom. The highest BCUT2D eigenvalue weighted by Crippen LogP contribution is 2.44. The molecule has 0 aromatic heterocycles. The molecule has 0 saturated heterocycles. The van der Waals surface area contributed by atoms with Gasteiger partial charge in [0.05, 0.1) is 0 Å². The molecule has 1 saturated carbocycles. The molecule has 0 spiro atoms. The number of aromatic hydroxyl groups is 1. The average Bonchev–Trinajstić information content (AvgIpc) is 2.86. The number of phenols is 1. The van der Waals surface area contributed by atoms with Gasteiger partial charge >= 0.3 is 5.97 Å². The lowest BCUT2D eigenvalue weighted by molar-refractivity contribution is 0.0693. The maximum Gasteiger partial charge on any atom is 0.339 e. The molecule has 2 N–H and O–H groups in total. The van der Waals surface area contributed by atoms with Gasteiger partial charge in [0.15, 0.2) is 0 Å². The molecule has 0 aliphatic heterocycles. The Kier molecular flexibility index (Phi) is 2.11. The number of halogens is 1. The van der Waals surface area contributed by atoms with Crippen molar-refractivity contribution in [1.29, 1.82) is 0 Å². The van der Waals surface area contributed by atoms with Crippen LogP contribution in [0.5, 0.6) is 5.75 Å². The second-order valence-electron chi connectivity index (χ2n) is 3.47. The summed E-state index contributed by atoms with van der Waals surface area (Å²) in [6.45, 7) is 0. The quantitative estimate of drug-likeness (QED) is 0.792. The number of carboxylic acid groups (broad SMARTS) is 1. The maximum absolute atomic E-state index is 10.7. The van der Waals surface area contributed by atoms with E-state index in [1.165, 1.54) is 12.1 Å². The lowest BCUT2D eigenvalue weighted by Gasteiger charge is -2.05. The Bertz CT molecular complexity index is 397. The molecular formula is C10H9ClO3. The predicted octanol–water partition coefficient (Wildman–Crippen LogP) is 2.62.